The second-order valence-electron chi connectivity index (χ2n) is 4.42. The number of rotatable bonds is 4. The average Bonchev–Trinajstić information content (AvgIpc) is 2.87. The van der Waals surface area contributed by atoms with Gasteiger partial charge in [-0.15, -0.1) is 10.2 Å². The molecule has 0 saturated carbocycles. The van der Waals surface area contributed by atoms with Gasteiger partial charge in [-0.25, -0.2) is 18.7 Å². The van der Waals surface area contributed by atoms with Crippen LogP contribution in [0.5, 0.6) is 0 Å². The van der Waals surface area contributed by atoms with Gasteiger partial charge < -0.3 is 9.67 Å². The molecule has 0 amide bonds. The van der Waals surface area contributed by atoms with Crippen molar-refractivity contribution in [1.29, 1.82) is 0 Å². The minimum absolute atomic E-state index is 0.253. The summed E-state index contributed by atoms with van der Waals surface area (Å²) in [7, 11) is 1.69. The number of nitrogens with zero attached hydrogens (tertiary/aromatic N) is 5. The summed E-state index contributed by atoms with van der Waals surface area (Å²) in [5, 5.41) is 18.4. The van der Waals surface area contributed by atoms with Crippen molar-refractivity contribution >= 4 is 22.7 Å². The van der Waals surface area contributed by atoms with Crippen LogP contribution in [0.4, 0.5) is 8.78 Å². The number of halogens is 2. The molecule has 2 aromatic heterocycles. The van der Waals surface area contributed by atoms with E-state index in [4.69, 9.17) is 5.11 Å². The summed E-state index contributed by atoms with van der Waals surface area (Å²) >= 11 is 1.11. The zero-order valence-electron chi connectivity index (χ0n) is 11.4. The summed E-state index contributed by atoms with van der Waals surface area (Å²) in [6.07, 6.45) is -2.75. The van der Waals surface area contributed by atoms with Crippen molar-refractivity contribution in [2.24, 2.45) is 7.05 Å². The second-order valence-corrected chi connectivity index (χ2v) is 5.38. The van der Waals surface area contributed by atoms with Crippen molar-refractivity contribution in [1.82, 2.24) is 24.7 Å². The Kier molecular flexibility index (Phi) is 3.99. The van der Waals surface area contributed by atoms with Crippen molar-refractivity contribution in [3.05, 3.63) is 35.9 Å². The Labute approximate surface area is 128 Å². The lowest BCUT2D eigenvalue weighted by atomic mass is 10.2. The Bertz CT molecular complexity index is 823. The summed E-state index contributed by atoms with van der Waals surface area (Å²) in [4.78, 5) is 7.79. The second kappa shape index (κ2) is 5.93. The van der Waals surface area contributed by atoms with E-state index in [1.165, 1.54) is 0 Å². The molecule has 0 saturated heterocycles. The van der Waals surface area contributed by atoms with Crippen LogP contribution in [0, 0.1) is 0 Å². The predicted molar refractivity (Wildman–Crippen MR) is 75.5 cm³/mol. The van der Waals surface area contributed by atoms with E-state index in [2.05, 4.69) is 20.2 Å². The van der Waals surface area contributed by atoms with Crippen molar-refractivity contribution in [3.8, 4) is 0 Å². The summed E-state index contributed by atoms with van der Waals surface area (Å²) in [5.74, 6) is -0.138. The molecular formula is C13H11F2N5OS. The number of aliphatic hydroxyl groups excluding tert-OH is 1. The number of hydrogen-bond acceptors (Lipinski definition) is 6. The average molecular weight is 323 g/mol. The van der Waals surface area contributed by atoms with Crippen LogP contribution in [0.15, 0.2) is 34.4 Å². The van der Waals surface area contributed by atoms with Gasteiger partial charge in [-0.3, -0.25) is 0 Å². The smallest absolute Gasteiger partial charge is 0.297 e. The molecular weight excluding hydrogens is 312 g/mol. The van der Waals surface area contributed by atoms with Crippen LogP contribution in [-0.2, 0) is 13.7 Å². The van der Waals surface area contributed by atoms with Gasteiger partial charge in [-0.05, 0) is 17.8 Å². The first-order chi connectivity index (χ1) is 10.6. The monoisotopic (exact) mass is 323 g/mol. The molecule has 0 aliphatic carbocycles. The van der Waals surface area contributed by atoms with Gasteiger partial charge >= 0.3 is 0 Å². The van der Waals surface area contributed by atoms with Crippen LogP contribution in [0.3, 0.4) is 0 Å². The predicted octanol–water partition coefficient (Wildman–Crippen LogP) is 2.34. The molecule has 0 aliphatic heterocycles. The molecule has 3 aromatic rings. The Hall–Kier alpha value is -2.13. The van der Waals surface area contributed by atoms with Gasteiger partial charge in [0, 0.05) is 12.4 Å². The Morgan fingerprint density at radius 3 is 2.68 bits per heavy atom. The molecule has 22 heavy (non-hydrogen) atoms. The van der Waals surface area contributed by atoms with E-state index in [1.54, 1.807) is 35.9 Å². The number of fused-ring (bicyclic) bond motifs is 1. The summed E-state index contributed by atoms with van der Waals surface area (Å²) in [5.41, 5.74) is 0.444. The molecule has 0 radical (unpaired) electrons. The largest absolute Gasteiger partial charge is 0.388 e. The molecule has 0 unspecified atom stereocenters. The highest BCUT2D eigenvalue weighted by atomic mass is 32.2. The van der Waals surface area contributed by atoms with E-state index in [0.717, 1.165) is 11.8 Å². The van der Waals surface area contributed by atoms with Gasteiger partial charge in [-0.2, -0.15) is 0 Å². The number of aromatic nitrogens is 5. The molecule has 0 spiro atoms. The highest BCUT2D eigenvalue weighted by Crippen LogP contribution is 2.32. The van der Waals surface area contributed by atoms with Crippen LogP contribution in [0.1, 0.15) is 18.1 Å². The Balaban J connectivity index is 2.10. The van der Waals surface area contributed by atoms with Crippen LogP contribution in [-0.4, -0.2) is 29.8 Å². The molecule has 0 atom stereocenters. The summed E-state index contributed by atoms with van der Waals surface area (Å²) < 4.78 is 27.5. The van der Waals surface area contributed by atoms with E-state index < -0.39 is 12.2 Å². The first kappa shape index (κ1) is 14.8. The SMILES string of the molecule is Cn1c(CO)nnc1Sc1nc(C(F)F)nc2ccccc12. The zero-order chi connectivity index (χ0) is 15.7. The molecule has 6 nitrogen and oxygen atoms in total. The first-order valence-electron chi connectivity index (χ1n) is 6.32. The molecule has 114 valence electrons. The van der Waals surface area contributed by atoms with Crippen molar-refractivity contribution in [3.63, 3.8) is 0 Å². The van der Waals surface area contributed by atoms with E-state index in [0.29, 0.717) is 26.9 Å². The number of benzene rings is 1. The lowest BCUT2D eigenvalue weighted by molar-refractivity contribution is 0.140. The number of para-hydroxylation sites is 1. The molecule has 9 heteroatoms. The lowest BCUT2D eigenvalue weighted by Crippen LogP contribution is -2.01. The standard InChI is InChI=1S/C13H11F2N5OS/c1-20-9(6-21)18-19-13(20)22-12-7-4-2-3-5-8(7)16-11(17-12)10(14)15/h2-5,10,21H,6H2,1H3. The maximum atomic E-state index is 13.0. The van der Waals surface area contributed by atoms with E-state index in [9.17, 15) is 8.78 Å². The van der Waals surface area contributed by atoms with Crippen LogP contribution < -0.4 is 0 Å². The van der Waals surface area contributed by atoms with E-state index in [1.807, 2.05) is 0 Å². The lowest BCUT2D eigenvalue weighted by Gasteiger charge is -2.07. The molecule has 3 rings (SSSR count). The van der Waals surface area contributed by atoms with Gasteiger partial charge in [0.05, 0.1) is 5.52 Å². The Morgan fingerprint density at radius 1 is 1.23 bits per heavy atom. The fraction of sp³-hybridized carbons (Fsp3) is 0.231. The molecule has 0 aliphatic rings. The number of aliphatic hydroxyl groups is 1. The quantitative estimate of drug-likeness (QED) is 0.743. The zero-order valence-corrected chi connectivity index (χ0v) is 12.3. The molecule has 1 aromatic carbocycles. The fourth-order valence-corrected chi connectivity index (χ4v) is 2.82. The van der Waals surface area contributed by atoms with Gasteiger partial charge in [0.15, 0.2) is 16.8 Å². The molecule has 2 heterocycles. The first-order valence-corrected chi connectivity index (χ1v) is 7.13. The maximum Gasteiger partial charge on any atom is 0.297 e. The number of hydrogen-bond donors (Lipinski definition) is 1. The Morgan fingerprint density at radius 2 is 2.00 bits per heavy atom. The van der Waals surface area contributed by atoms with Crippen molar-refractivity contribution in [2.75, 3.05) is 0 Å². The van der Waals surface area contributed by atoms with E-state index >= 15 is 0 Å². The fourth-order valence-electron chi connectivity index (χ4n) is 1.90. The topological polar surface area (TPSA) is 76.7 Å². The van der Waals surface area contributed by atoms with Gasteiger partial charge in [0.2, 0.25) is 0 Å². The minimum Gasteiger partial charge on any atom is -0.388 e. The maximum absolute atomic E-state index is 13.0. The van der Waals surface area contributed by atoms with E-state index in [-0.39, 0.29) is 6.61 Å². The molecule has 0 fully saturated rings. The van der Waals surface area contributed by atoms with Crippen molar-refractivity contribution in [2.45, 2.75) is 23.2 Å². The van der Waals surface area contributed by atoms with Gasteiger partial charge in [0.1, 0.15) is 11.6 Å². The molecule has 0 bridgehead atoms. The van der Waals surface area contributed by atoms with Crippen molar-refractivity contribution < 1.29 is 13.9 Å². The summed E-state index contributed by atoms with van der Waals surface area (Å²) in [6, 6.07) is 6.93. The normalized spacial score (nSPS) is 11.5. The van der Waals surface area contributed by atoms with Gasteiger partial charge in [-0.1, -0.05) is 18.2 Å². The highest BCUT2D eigenvalue weighted by molar-refractivity contribution is 7.99. The minimum atomic E-state index is -2.75. The highest BCUT2D eigenvalue weighted by Gasteiger charge is 2.18. The molecule has 1 N–H and O–H groups in total. The number of alkyl halides is 2. The van der Waals surface area contributed by atoms with Gasteiger partial charge in [0.25, 0.3) is 6.43 Å². The van der Waals surface area contributed by atoms with Crippen LogP contribution in [0.25, 0.3) is 10.9 Å². The third-order valence-corrected chi connectivity index (χ3v) is 4.08. The third kappa shape index (κ3) is 2.64. The van der Waals surface area contributed by atoms with Crippen LogP contribution >= 0.6 is 11.8 Å². The van der Waals surface area contributed by atoms with Crippen LogP contribution in [0.2, 0.25) is 0 Å². The summed E-state index contributed by atoms with van der Waals surface area (Å²) in [6.45, 7) is -0.253. The third-order valence-electron chi connectivity index (χ3n) is 3.04.